The van der Waals surface area contributed by atoms with Crippen LogP contribution in [0.1, 0.15) is 57.6 Å². The molecule has 47 heavy (non-hydrogen) atoms. The van der Waals surface area contributed by atoms with Gasteiger partial charge < -0.3 is 35.0 Å². The summed E-state index contributed by atoms with van der Waals surface area (Å²) in [6.45, 7) is 11.3. The van der Waals surface area contributed by atoms with Gasteiger partial charge in [-0.1, -0.05) is 44.2 Å². The predicted molar refractivity (Wildman–Crippen MR) is 155 cm³/mol. The third kappa shape index (κ3) is 9.66. The second-order valence-corrected chi connectivity index (χ2v) is 10.9. The number of carboxylic acid groups (broad SMARTS) is 2. The fourth-order valence-corrected chi connectivity index (χ4v) is 6.00. The molecule has 0 saturated carbocycles. The molecule has 0 saturated heterocycles. The molecule has 4 aliphatic rings. The largest absolute Gasteiger partial charge is 2.00 e. The molecule has 2 unspecified atom stereocenters. The van der Waals surface area contributed by atoms with E-state index in [0.29, 0.717) is 39.9 Å². The van der Waals surface area contributed by atoms with Gasteiger partial charge in [0.1, 0.15) is 0 Å². The van der Waals surface area contributed by atoms with Crippen LogP contribution in [0.2, 0.25) is 0 Å². The van der Waals surface area contributed by atoms with Crippen molar-refractivity contribution < 1.29 is 201 Å². The van der Waals surface area contributed by atoms with Gasteiger partial charge in [0.05, 0.1) is 28.5 Å². The van der Waals surface area contributed by atoms with Gasteiger partial charge in [0.2, 0.25) is 0 Å². The van der Waals surface area contributed by atoms with Crippen LogP contribution >= 0.6 is 0 Å². The monoisotopic (exact) mass is 757 g/mol. The third-order valence-electron chi connectivity index (χ3n) is 8.31. The minimum absolute atomic E-state index is 0. The molecule has 0 fully saturated rings. The van der Waals surface area contributed by atoms with Crippen LogP contribution in [-0.2, 0) is 26.7 Å². The molecule has 0 aromatic carbocycles. The van der Waals surface area contributed by atoms with Gasteiger partial charge in [-0.25, -0.2) is 9.98 Å². The smallest absolute Gasteiger partial charge is 0.883 e. The number of rotatable bonds is 7. The molecule has 10 nitrogen and oxygen atoms in total. The van der Waals surface area contributed by atoms with Crippen LogP contribution in [0.5, 0.6) is 0 Å². The Labute approximate surface area is 411 Å². The van der Waals surface area contributed by atoms with Crippen molar-refractivity contribution in [1.82, 2.24) is 4.98 Å². The summed E-state index contributed by atoms with van der Waals surface area (Å²) in [4.78, 5) is 42.6. The van der Waals surface area contributed by atoms with Gasteiger partial charge in [-0.05, 0) is 67.5 Å². The molecular formula is C33H29CuK3N4O6. The molecule has 5 rings (SSSR count). The van der Waals surface area contributed by atoms with Crippen molar-refractivity contribution in [3.63, 3.8) is 0 Å². The van der Waals surface area contributed by atoms with Gasteiger partial charge in [0.15, 0.2) is 0 Å². The van der Waals surface area contributed by atoms with E-state index in [1.807, 2.05) is 32.9 Å². The Bertz CT molecular complexity index is 1870. The summed E-state index contributed by atoms with van der Waals surface area (Å²) in [7, 11) is 0. The minimum Gasteiger partial charge on any atom is -0.883 e. The van der Waals surface area contributed by atoms with Crippen LogP contribution in [0.25, 0.3) is 18.2 Å². The van der Waals surface area contributed by atoms with Crippen molar-refractivity contribution >= 4 is 47.3 Å². The molecule has 231 valence electrons. The van der Waals surface area contributed by atoms with E-state index in [4.69, 9.17) is 15.0 Å². The second-order valence-electron chi connectivity index (χ2n) is 10.9. The number of fused-ring (bicyclic) bond motifs is 5. The van der Waals surface area contributed by atoms with Crippen LogP contribution in [0.4, 0.5) is 0 Å². The molecule has 0 aliphatic carbocycles. The van der Waals surface area contributed by atoms with Crippen LogP contribution in [0, 0.1) is 18.8 Å². The first-order valence-corrected chi connectivity index (χ1v) is 14.0. The molecule has 5 heterocycles. The first-order valence-electron chi connectivity index (χ1n) is 14.0. The normalized spacial score (nSPS) is 19.2. The zero-order valence-corrected chi connectivity index (χ0v) is 37.9. The average Bonchev–Trinajstić information content (AvgIpc) is 3.65. The van der Waals surface area contributed by atoms with Gasteiger partial charge in [-0.15, -0.1) is 10.7 Å². The van der Waals surface area contributed by atoms with Crippen molar-refractivity contribution in [2.45, 2.75) is 53.4 Å². The average molecular weight is 758 g/mol. The molecule has 0 amide bonds. The van der Waals surface area contributed by atoms with Gasteiger partial charge in [0.25, 0.3) is 0 Å². The second kappa shape index (κ2) is 19.3. The molecule has 2 atom stereocenters. The van der Waals surface area contributed by atoms with Gasteiger partial charge >= 0.3 is 171 Å². The number of carbonyl (C=O) groups is 2. The number of allylic oxidation sites excluding steroid dienone is 6. The number of hydrogen-bond donors (Lipinski definition) is 0. The zero-order valence-electron chi connectivity index (χ0n) is 27.6. The molecule has 1 radical (unpaired) electrons. The van der Waals surface area contributed by atoms with Crippen molar-refractivity contribution in [3.8, 4) is 0 Å². The molecular weight excluding hydrogens is 729 g/mol. The molecule has 0 N–H and O–H groups in total. The molecule has 14 heteroatoms. The minimum atomic E-state index is -1.52. The van der Waals surface area contributed by atoms with E-state index in [1.54, 1.807) is 25.2 Å². The summed E-state index contributed by atoms with van der Waals surface area (Å²) in [5, 5.41) is 49.8. The number of carbonyl (C=O) groups excluding carboxylic acids is 2. The Morgan fingerprint density at radius 2 is 1.64 bits per heavy atom. The summed E-state index contributed by atoms with van der Waals surface area (Å²) in [6.07, 6.45) is 8.70. The fourth-order valence-electron chi connectivity index (χ4n) is 6.00. The standard InChI is InChI=1S/C33H34N4O6.Cu.3K/c1-6-18-10-19-11-27-20(7-2)15(3)23(35-27)13-24-16(4)21(8-9-28(38)39)31(36-24)22(12-29(40)41)32-30(33(42)43)17(5)25(37-32)14-26(18)34-19;;;;/h7,10-11,13-14,16,21H,2,6,8-9,12H2,1,3-5H3,(H5,34,35,36,37,38,39,40,41,42,43);;;;/q;+2;3*+1/p-5. The summed E-state index contributed by atoms with van der Waals surface area (Å²) in [5.74, 6) is -5.19. The van der Waals surface area contributed by atoms with Gasteiger partial charge in [-0.3, -0.25) is 4.99 Å². The number of aliphatic carboxylic acids is 2. The zero-order chi connectivity index (χ0) is 31.2. The van der Waals surface area contributed by atoms with Crippen LogP contribution in [0.3, 0.4) is 0 Å². The van der Waals surface area contributed by atoms with Gasteiger partial charge in [-0.2, -0.15) is 5.95 Å². The maximum atomic E-state index is 12.5. The SMILES string of the molecule is C=Cc1c(C)c2[n-]c1=CC1=NC(=CC3=C(C)C(=C([O-])[O-])C(=N3)C(CC(=O)[O-])=C3N=C(C=2)C(C)C3CCC(=O)[O-])C(CC)=C1.[Cu+2].[K+].[K+].[K+]. The molecule has 4 aliphatic heterocycles. The Balaban J connectivity index is 0.00000276. The van der Waals surface area contributed by atoms with Crippen molar-refractivity contribution in [2.75, 3.05) is 0 Å². The molecule has 0 spiro atoms. The number of carboxylic acids is 2. The number of aliphatic imine (C=N–C) groups is 3. The summed E-state index contributed by atoms with van der Waals surface area (Å²) in [6, 6.07) is 0. The van der Waals surface area contributed by atoms with Crippen molar-refractivity contribution in [1.29, 1.82) is 0 Å². The van der Waals surface area contributed by atoms with E-state index in [-0.39, 0.29) is 218 Å². The summed E-state index contributed by atoms with van der Waals surface area (Å²) >= 11 is 0. The first kappa shape index (κ1) is 45.5. The van der Waals surface area contributed by atoms with E-state index in [9.17, 15) is 30.0 Å². The van der Waals surface area contributed by atoms with Crippen LogP contribution in [-0.4, -0.2) is 29.1 Å². The van der Waals surface area contributed by atoms with E-state index in [2.05, 4.69) is 11.6 Å². The van der Waals surface area contributed by atoms with E-state index < -0.39 is 30.2 Å². The van der Waals surface area contributed by atoms with Crippen molar-refractivity contribution in [2.24, 2.45) is 26.8 Å². The molecule has 1 aromatic heterocycles. The fraction of sp³-hybridized carbons (Fsp3) is 0.303. The molecule has 1 aromatic rings. The van der Waals surface area contributed by atoms with Crippen molar-refractivity contribution in [3.05, 3.63) is 85.9 Å². The third-order valence-corrected chi connectivity index (χ3v) is 8.31. The maximum absolute atomic E-state index is 12.5. The quantitative estimate of drug-likeness (QED) is 0.196. The molecule has 8 bridgehead atoms. The first-order chi connectivity index (χ1) is 20.4. The Kier molecular flexibility index (Phi) is 18.7. The number of hydrogen-bond acceptors (Lipinski definition) is 9. The van der Waals surface area contributed by atoms with Crippen LogP contribution in [0.15, 0.2) is 79.0 Å². The van der Waals surface area contributed by atoms with E-state index in [0.717, 1.165) is 16.7 Å². The number of aromatic nitrogens is 1. The Morgan fingerprint density at radius 1 is 0.957 bits per heavy atom. The van der Waals surface area contributed by atoms with Crippen LogP contribution < -0.4 is 190 Å². The maximum Gasteiger partial charge on any atom is 2.00 e. The van der Waals surface area contributed by atoms with E-state index >= 15 is 0 Å². The summed E-state index contributed by atoms with van der Waals surface area (Å²) in [5.41, 5.74) is 4.85. The predicted octanol–water partition coefficient (Wildman–Crippen LogP) is -9.85. The summed E-state index contributed by atoms with van der Waals surface area (Å²) < 4.78 is 0. The van der Waals surface area contributed by atoms with E-state index in [1.165, 1.54) is 0 Å². The topological polar surface area (TPSA) is 178 Å². The Morgan fingerprint density at radius 3 is 2.21 bits per heavy atom. The number of nitrogens with zero attached hydrogens (tertiary/aromatic N) is 4. The Hall–Kier alpha value is 0.439. The van der Waals surface area contributed by atoms with Gasteiger partial charge in [0, 0.05) is 41.5 Å².